The number of hydrogen-bond acceptors (Lipinski definition) is 2. The summed E-state index contributed by atoms with van der Waals surface area (Å²) in [6.45, 7) is 3.57. The third-order valence-electron chi connectivity index (χ3n) is 2.68. The van der Waals surface area contributed by atoms with Crippen molar-refractivity contribution in [3.05, 3.63) is 22.9 Å². The third-order valence-corrected chi connectivity index (χ3v) is 2.95. The second kappa shape index (κ2) is 5.78. The van der Waals surface area contributed by atoms with Gasteiger partial charge in [-0.2, -0.15) is 13.2 Å². The van der Waals surface area contributed by atoms with Crippen molar-refractivity contribution in [1.29, 1.82) is 0 Å². The van der Waals surface area contributed by atoms with Crippen molar-refractivity contribution in [2.75, 3.05) is 18.5 Å². The molecule has 0 aliphatic carbocycles. The van der Waals surface area contributed by atoms with Crippen molar-refractivity contribution >= 4 is 17.4 Å². The van der Waals surface area contributed by atoms with Crippen LogP contribution in [0, 0.1) is 13.8 Å². The maximum absolute atomic E-state index is 12.2. The van der Waals surface area contributed by atoms with E-state index in [-0.39, 0.29) is 12.4 Å². The number of aromatic nitrogens is 1. The van der Waals surface area contributed by atoms with Gasteiger partial charge < -0.3 is 4.90 Å². The molecular weight excluding hydrogens is 265 g/mol. The minimum absolute atomic E-state index is 0.122. The fraction of sp³-hybridized carbons (Fsp3) is 0.583. The van der Waals surface area contributed by atoms with Gasteiger partial charge in [0.25, 0.3) is 0 Å². The summed E-state index contributed by atoms with van der Waals surface area (Å²) in [6.07, 6.45) is -5.02. The van der Waals surface area contributed by atoms with Gasteiger partial charge in [0, 0.05) is 24.8 Å². The molecule has 0 aliphatic rings. The Bertz CT molecular complexity index is 419. The minimum Gasteiger partial charge on any atom is -0.359 e. The summed E-state index contributed by atoms with van der Waals surface area (Å²) in [6, 6.07) is 1.87. The SMILES string of the molecule is Cc1cc(C)c(CCl)c(N(C)CCC(F)(F)F)n1. The molecule has 0 amide bonds. The van der Waals surface area contributed by atoms with Crippen molar-refractivity contribution in [3.8, 4) is 0 Å². The maximum atomic E-state index is 12.2. The highest BCUT2D eigenvalue weighted by Gasteiger charge is 2.27. The van der Waals surface area contributed by atoms with E-state index in [1.807, 2.05) is 19.9 Å². The Morgan fingerprint density at radius 3 is 2.44 bits per heavy atom. The Morgan fingerprint density at radius 1 is 1.33 bits per heavy atom. The van der Waals surface area contributed by atoms with Gasteiger partial charge in [-0.05, 0) is 25.5 Å². The van der Waals surface area contributed by atoms with Crippen LogP contribution in [0.1, 0.15) is 23.2 Å². The second-order valence-corrected chi connectivity index (χ2v) is 4.57. The monoisotopic (exact) mass is 280 g/mol. The predicted molar refractivity (Wildman–Crippen MR) is 67.2 cm³/mol. The topological polar surface area (TPSA) is 16.1 Å². The molecule has 1 heterocycles. The average molecular weight is 281 g/mol. The lowest BCUT2D eigenvalue weighted by Crippen LogP contribution is -2.26. The molecule has 0 spiro atoms. The first kappa shape index (κ1) is 15.1. The van der Waals surface area contributed by atoms with Crippen LogP contribution in [0.15, 0.2) is 6.07 Å². The summed E-state index contributed by atoms with van der Waals surface area (Å²) in [4.78, 5) is 5.78. The third kappa shape index (κ3) is 4.05. The van der Waals surface area contributed by atoms with Crippen molar-refractivity contribution < 1.29 is 13.2 Å². The number of rotatable bonds is 4. The molecular formula is C12H16ClF3N2. The normalized spacial score (nSPS) is 11.7. The first-order valence-electron chi connectivity index (χ1n) is 5.55. The van der Waals surface area contributed by atoms with Gasteiger partial charge in [0.2, 0.25) is 0 Å². The maximum Gasteiger partial charge on any atom is 0.390 e. The highest BCUT2D eigenvalue weighted by Crippen LogP contribution is 2.26. The number of hydrogen-bond donors (Lipinski definition) is 0. The van der Waals surface area contributed by atoms with E-state index in [2.05, 4.69) is 4.98 Å². The van der Waals surface area contributed by atoms with E-state index in [0.29, 0.717) is 5.82 Å². The van der Waals surface area contributed by atoms with Gasteiger partial charge in [-0.1, -0.05) is 0 Å². The Hall–Kier alpha value is -0.970. The molecule has 6 heteroatoms. The molecule has 1 aromatic rings. The number of nitrogens with zero attached hydrogens (tertiary/aromatic N) is 2. The molecule has 0 aromatic carbocycles. The number of aryl methyl sites for hydroxylation is 2. The molecule has 0 saturated heterocycles. The van der Waals surface area contributed by atoms with Crippen LogP contribution in [-0.4, -0.2) is 24.8 Å². The summed E-state index contributed by atoms with van der Waals surface area (Å²) < 4.78 is 36.6. The van der Waals surface area contributed by atoms with E-state index >= 15 is 0 Å². The molecule has 1 aromatic heterocycles. The van der Waals surface area contributed by atoms with Crippen molar-refractivity contribution in [2.24, 2.45) is 0 Å². The molecule has 102 valence electrons. The van der Waals surface area contributed by atoms with Crippen molar-refractivity contribution in [1.82, 2.24) is 4.98 Å². The molecule has 0 aliphatic heterocycles. The van der Waals surface area contributed by atoms with E-state index in [1.54, 1.807) is 7.05 Å². The van der Waals surface area contributed by atoms with E-state index in [9.17, 15) is 13.2 Å². The van der Waals surface area contributed by atoms with Crippen LogP contribution >= 0.6 is 11.6 Å². The fourth-order valence-electron chi connectivity index (χ4n) is 1.72. The lowest BCUT2D eigenvalue weighted by molar-refractivity contribution is -0.132. The van der Waals surface area contributed by atoms with Crippen molar-refractivity contribution in [3.63, 3.8) is 0 Å². The Balaban J connectivity index is 2.94. The van der Waals surface area contributed by atoms with Crippen molar-refractivity contribution in [2.45, 2.75) is 32.3 Å². The standard InChI is InChI=1S/C12H16ClF3N2/c1-8-6-9(2)17-11(10(8)7-13)18(3)5-4-12(14,15)16/h6H,4-5,7H2,1-3H3. The molecule has 0 bridgehead atoms. The van der Waals surface area contributed by atoms with Gasteiger partial charge >= 0.3 is 6.18 Å². The number of pyridine rings is 1. The Kier molecular flexibility index (Phi) is 4.85. The van der Waals surface area contributed by atoms with Crippen LogP contribution < -0.4 is 4.90 Å². The average Bonchev–Trinajstić information content (AvgIpc) is 2.24. The van der Waals surface area contributed by atoms with Crippen LogP contribution in [0.4, 0.5) is 19.0 Å². The van der Waals surface area contributed by atoms with Crippen LogP contribution in [-0.2, 0) is 5.88 Å². The van der Waals surface area contributed by atoms with Gasteiger partial charge in [0.1, 0.15) is 5.82 Å². The highest BCUT2D eigenvalue weighted by molar-refractivity contribution is 6.17. The zero-order valence-corrected chi connectivity index (χ0v) is 11.4. The van der Waals surface area contributed by atoms with Crippen LogP contribution in [0.5, 0.6) is 0 Å². The summed E-state index contributed by atoms with van der Waals surface area (Å²) in [7, 11) is 1.60. The van der Waals surface area contributed by atoms with E-state index < -0.39 is 12.6 Å². The summed E-state index contributed by atoms with van der Waals surface area (Å²) in [5.74, 6) is 0.775. The lowest BCUT2D eigenvalue weighted by Gasteiger charge is -2.23. The molecule has 0 N–H and O–H groups in total. The zero-order chi connectivity index (χ0) is 13.9. The van der Waals surface area contributed by atoms with Gasteiger partial charge in [-0.25, -0.2) is 4.98 Å². The minimum atomic E-state index is -4.16. The van der Waals surface area contributed by atoms with Crippen LogP contribution in [0.25, 0.3) is 0 Å². The zero-order valence-electron chi connectivity index (χ0n) is 10.6. The molecule has 1 rings (SSSR count). The number of halogens is 4. The second-order valence-electron chi connectivity index (χ2n) is 4.30. The number of alkyl halides is 4. The number of anilines is 1. The van der Waals surface area contributed by atoms with E-state index in [1.165, 1.54) is 4.90 Å². The van der Waals surface area contributed by atoms with Gasteiger partial charge in [0.05, 0.1) is 12.3 Å². The smallest absolute Gasteiger partial charge is 0.359 e. The fourth-order valence-corrected chi connectivity index (χ4v) is 2.06. The van der Waals surface area contributed by atoms with E-state index in [0.717, 1.165) is 16.8 Å². The molecule has 0 fully saturated rings. The van der Waals surface area contributed by atoms with Crippen LogP contribution in [0.2, 0.25) is 0 Å². The van der Waals surface area contributed by atoms with E-state index in [4.69, 9.17) is 11.6 Å². The summed E-state index contributed by atoms with van der Waals surface area (Å²) in [5, 5.41) is 0. The molecule has 0 saturated carbocycles. The first-order chi connectivity index (χ1) is 8.24. The quantitative estimate of drug-likeness (QED) is 0.779. The Morgan fingerprint density at radius 2 is 1.94 bits per heavy atom. The molecule has 2 nitrogen and oxygen atoms in total. The summed E-state index contributed by atoms with van der Waals surface area (Å²) in [5.41, 5.74) is 2.51. The molecule has 0 radical (unpaired) electrons. The highest BCUT2D eigenvalue weighted by atomic mass is 35.5. The molecule has 18 heavy (non-hydrogen) atoms. The molecule has 0 unspecified atom stereocenters. The largest absolute Gasteiger partial charge is 0.390 e. The Labute approximate surface area is 110 Å². The lowest BCUT2D eigenvalue weighted by atomic mass is 10.1. The van der Waals surface area contributed by atoms with Gasteiger partial charge in [-0.15, -0.1) is 11.6 Å². The summed E-state index contributed by atoms with van der Waals surface area (Å²) >= 11 is 5.83. The predicted octanol–water partition coefficient (Wildman–Crippen LogP) is 3.83. The van der Waals surface area contributed by atoms with Gasteiger partial charge in [0.15, 0.2) is 0 Å². The van der Waals surface area contributed by atoms with Gasteiger partial charge in [-0.3, -0.25) is 0 Å². The first-order valence-corrected chi connectivity index (χ1v) is 6.09. The van der Waals surface area contributed by atoms with Crippen LogP contribution in [0.3, 0.4) is 0 Å². The molecule has 0 atom stereocenters.